The molecular formula is C19H19N3O7. The molecule has 1 heterocycles. The minimum Gasteiger partial charge on any atom is -0.493 e. The van der Waals surface area contributed by atoms with Gasteiger partial charge in [-0.05, 0) is 35.9 Å². The molecule has 0 aromatic heterocycles. The Hall–Kier alpha value is -3.95. The molecule has 10 nitrogen and oxygen atoms in total. The highest BCUT2D eigenvalue weighted by Gasteiger charge is 2.14. The third-order valence-electron chi connectivity index (χ3n) is 3.67. The van der Waals surface area contributed by atoms with Crippen LogP contribution < -0.4 is 34.8 Å². The van der Waals surface area contributed by atoms with Crippen LogP contribution in [-0.2, 0) is 9.59 Å². The number of carbonyl (C=O) groups is 2. The number of rotatable bonds is 9. The van der Waals surface area contributed by atoms with Crippen LogP contribution in [0.2, 0.25) is 0 Å². The molecule has 0 unspecified atom stereocenters. The molecule has 2 aromatic rings. The van der Waals surface area contributed by atoms with Gasteiger partial charge in [0.2, 0.25) is 6.79 Å². The molecule has 3 N–H and O–H groups in total. The molecule has 0 fully saturated rings. The third kappa shape index (κ3) is 5.51. The Bertz CT molecular complexity index is 930. The van der Waals surface area contributed by atoms with Gasteiger partial charge in [0.05, 0.1) is 13.3 Å². The fourth-order valence-corrected chi connectivity index (χ4v) is 2.36. The summed E-state index contributed by atoms with van der Waals surface area (Å²) in [4.78, 5) is 22.7. The summed E-state index contributed by atoms with van der Waals surface area (Å²) in [7, 11) is 1.46. The van der Waals surface area contributed by atoms with Gasteiger partial charge in [-0.25, -0.2) is 5.43 Å². The van der Waals surface area contributed by atoms with E-state index in [2.05, 4.69) is 10.5 Å². The van der Waals surface area contributed by atoms with E-state index >= 15 is 0 Å². The number of ether oxygens (including phenoxy) is 5. The topological polar surface area (TPSA) is 131 Å². The van der Waals surface area contributed by atoms with Crippen LogP contribution in [0.5, 0.6) is 28.7 Å². The van der Waals surface area contributed by atoms with E-state index in [0.717, 1.165) is 0 Å². The van der Waals surface area contributed by atoms with Gasteiger partial charge in [-0.3, -0.25) is 9.59 Å². The molecule has 2 amide bonds. The van der Waals surface area contributed by atoms with Crippen LogP contribution in [0.1, 0.15) is 5.56 Å². The molecule has 0 atom stereocenters. The highest BCUT2D eigenvalue weighted by Crippen LogP contribution is 2.35. The summed E-state index contributed by atoms with van der Waals surface area (Å²) in [5.41, 5.74) is 8.06. The van der Waals surface area contributed by atoms with Gasteiger partial charge in [-0.15, -0.1) is 0 Å². The maximum absolute atomic E-state index is 11.9. The second-order valence-corrected chi connectivity index (χ2v) is 5.76. The van der Waals surface area contributed by atoms with Gasteiger partial charge in [0.1, 0.15) is 5.75 Å². The Kier molecular flexibility index (Phi) is 6.36. The molecule has 0 spiro atoms. The lowest BCUT2D eigenvalue weighted by atomic mass is 10.2. The lowest BCUT2D eigenvalue weighted by Crippen LogP contribution is -2.24. The van der Waals surface area contributed by atoms with E-state index < -0.39 is 11.8 Å². The van der Waals surface area contributed by atoms with Gasteiger partial charge in [0.15, 0.2) is 36.2 Å². The molecule has 2 aromatic carbocycles. The zero-order valence-electron chi connectivity index (χ0n) is 15.5. The first-order valence-electron chi connectivity index (χ1n) is 8.48. The van der Waals surface area contributed by atoms with Crippen LogP contribution >= 0.6 is 0 Å². The minimum absolute atomic E-state index is 0.164. The molecule has 0 aliphatic carbocycles. The van der Waals surface area contributed by atoms with Crippen LogP contribution in [0.15, 0.2) is 41.5 Å². The maximum Gasteiger partial charge on any atom is 0.277 e. The van der Waals surface area contributed by atoms with Gasteiger partial charge in [-0.1, -0.05) is 0 Å². The number of primary amides is 1. The molecule has 3 rings (SSSR count). The number of hydrogen-bond acceptors (Lipinski definition) is 8. The average Bonchev–Trinajstić information content (AvgIpc) is 3.19. The summed E-state index contributed by atoms with van der Waals surface area (Å²) < 4.78 is 26.3. The normalized spacial score (nSPS) is 11.9. The summed E-state index contributed by atoms with van der Waals surface area (Å²) in [6, 6.07) is 9.95. The van der Waals surface area contributed by atoms with Crippen molar-refractivity contribution in [2.75, 3.05) is 27.1 Å². The predicted octanol–water partition coefficient (Wildman–Crippen LogP) is 0.817. The monoisotopic (exact) mass is 401 g/mol. The molecule has 152 valence electrons. The van der Waals surface area contributed by atoms with Crippen LogP contribution in [0, 0.1) is 0 Å². The van der Waals surface area contributed by atoms with Crippen molar-refractivity contribution in [3.63, 3.8) is 0 Å². The van der Waals surface area contributed by atoms with Crippen LogP contribution in [0.25, 0.3) is 0 Å². The van der Waals surface area contributed by atoms with Crippen molar-refractivity contribution in [1.29, 1.82) is 0 Å². The van der Waals surface area contributed by atoms with Gasteiger partial charge >= 0.3 is 0 Å². The molecule has 0 radical (unpaired) electrons. The smallest absolute Gasteiger partial charge is 0.277 e. The van der Waals surface area contributed by atoms with E-state index in [1.165, 1.54) is 13.3 Å². The fraction of sp³-hybridized carbons (Fsp3) is 0.211. The van der Waals surface area contributed by atoms with Gasteiger partial charge in [0.25, 0.3) is 11.8 Å². The van der Waals surface area contributed by atoms with Crippen LogP contribution in [-0.4, -0.2) is 45.1 Å². The van der Waals surface area contributed by atoms with Gasteiger partial charge in [0, 0.05) is 6.07 Å². The standard InChI is InChI=1S/C19H19N3O7/c1-25-16-6-12(2-4-14(16)27-9-18(20)23)8-21-22-19(24)10-26-13-3-5-15-17(7-13)29-11-28-15/h2-8H,9-11H2,1H3,(H2,20,23)(H,22,24)/b21-8+. The number of benzene rings is 2. The lowest BCUT2D eigenvalue weighted by molar-refractivity contribution is -0.123. The molecule has 10 heteroatoms. The van der Waals surface area contributed by atoms with Crippen molar-refractivity contribution in [1.82, 2.24) is 5.43 Å². The molecule has 1 aliphatic heterocycles. The average molecular weight is 401 g/mol. The van der Waals surface area contributed by atoms with Crippen molar-refractivity contribution < 1.29 is 33.3 Å². The highest BCUT2D eigenvalue weighted by molar-refractivity contribution is 5.83. The second kappa shape index (κ2) is 9.31. The van der Waals surface area contributed by atoms with E-state index in [4.69, 9.17) is 29.4 Å². The van der Waals surface area contributed by atoms with E-state index in [0.29, 0.717) is 34.3 Å². The number of hydrogen-bond donors (Lipinski definition) is 2. The number of nitrogens with one attached hydrogen (secondary N) is 1. The SMILES string of the molecule is COc1cc(/C=N/NC(=O)COc2ccc3c(c2)OCO3)ccc1OCC(N)=O. The lowest BCUT2D eigenvalue weighted by Gasteiger charge is -2.09. The molecule has 0 bridgehead atoms. The Labute approximate surface area is 166 Å². The number of nitrogens with zero attached hydrogens (tertiary/aromatic N) is 1. The number of carbonyl (C=O) groups excluding carboxylic acids is 2. The first-order valence-corrected chi connectivity index (χ1v) is 8.48. The van der Waals surface area contributed by atoms with Crippen LogP contribution in [0.3, 0.4) is 0 Å². The summed E-state index contributed by atoms with van der Waals surface area (Å²) in [5, 5.41) is 3.87. The minimum atomic E-state index is -0.594. The highest BCUT2D eigenvalue weighted by atomic mass is 16.7. The molecule has 29 heavy (non-hydrogen) atoms. The van der Waals surface area contributed by atoms with E-state index in [9.17, 15) is 9.59 Å². The van der Waals surface area contributed by atoms with Crippen molar-refractivity contribution >= 4 is 18.0 Å². The zero-order valence-corrected chi connectivity index (χ0v) is 15.5. The Morgan fingerprint density at radius 2 is 1.93 bits per heavy atom. The second-order valence-electron chi connectivity index (χ2n) is 5.76. The van der Waals surface area contributed by atoms with Crippen molar-refractivity contribution in [3.05, 3.63) is 42.0 Å². The number of amides is 2. The molecule has 0 saturated heterocycles. The number of nitrogens with two attached hydrogens (primary N) is 1. The Morgan fingerprint density at radius 1 is 1.10 bits per heavy atom. The van der Waals surface area contributed by atoms with Crippen LogP contribution in [0.4, 0.5) is 0 Å². The Morgan fingerprint density at radius 3 is 2.72 bits per heavy atom. The van der Waals surface area contributed by atoms with Crippen molar-refractivity contribution in [3.8, 4) is 28.7 Å². The quantitative estimate of drug-likeness (QED) is 0.470. The largest absolute Gasteiger partial charge is 0.493 e. The molecular weight excluding hydrogens is 382 g/mol. The van der Waals surface area contributed by atoms with E-state index in [1.807, 2.05) is 0 Å². The molecule has 1 aliphatic rings. The third-order valence-corrected chi connectivity index (χ3v) is 3.67. The first-order chi connectivity index (χ1) is 14.0. The van der Waals surface area contributed by atoms with E-state index in [-0.39, 0.29) is 20.0 Å². The number of hydrazone groups is 1. The summed E-state index contributed by atoms with van der Waals surface area (Å²) in [5.74, 6) is 1.41. The zero-order chi connectivity index (χ0) is 20.6. The summed E-state index contributed by atoms with van der Waals surface area (Å²) in [6.45, 7) is -0.319. The van der Waals surface area contributed by atoms with Gasteiger partial charge in [-0.2, -0.15) is 5.10 Å². The molecule has 0 saturated carbocycles. The Balaban J connectivity index is 1.49. The predicted molar refractivity (Wildman–Crippen MR) is 101 cm³/mol. The number of fused-ring (bicyclic) bond motifs is 1. The van der Waals surface area contributed by atoms with Gasteiger partial charge < -0.3 is 29.4 Å². The maximum atomic E-state index is 11.9. The fourth-order valence-electron chi connectivity index (χ4n) is 2.36. The number of methoxy groups -OCH3 is 1. The summed E-state index contributed by atoms with van der Waals surface area (Å²) >= 11 is 0. The first kappa shape index (κ1) is 19.8. The summed E-state index contributed by atoms with van der Waals surface area (Å²) in [6.07, 6.45) is 1.43. The van der Waals surface area contributed by atoms with Crippen molar-refractivity contribution in [2.24, 2.45) is 10.8 Å². The van der Waals surface area contributed by atoms with E-state index in [1.54, 1.807) is 36.4 Å². The van der Waals surface area contributed by atoms with Crippen molar-refractivity contribution in [2.45, 2.75) is 0 Å².